The number of rotatable bonds is 7. The molecule has 0 amide bonds. The molecule has 0 spiro atoms. The summed E-state index contributed by atoms with van der Waals surface area (Å²) in [6.45, 7) is 2.94. The highest BCUT2D eigenvalue weighted by atomic mass is 19.1. The van der Waals surface area contributed by atoms with Crippen molar-refractivity contribution in [2.45, 2.75) is 25.7 Å². The molecule has 1 aliphatic heterocycles. The molecule has 1 fully saturated rings. The number of esters is 1. The van der Waals surface area contributed by atoms with E-state index in [2.05, 4.69) is 27.1 Å². The van der Waals surface area contributed by atoms with Gasteiger partial charge in [0.05, 0.1) is 37.8 Å². The standard InChI is InChI=1S/C28H27FN6O3/c1-3-38-28(36)20-13-31-35-25(33(2)14-18-8-5-4-6-9-18)12-23(32-27(20)35)21-15-34(24-17-37-16-22(24)29)26-19(21)10-7-11-30-26/h4-13,15,22,24H,3,14,16-17H2,1-2H3/t22-,24?/m1/s1. The molecule has 6 rings (SSSR count). The van der Waals surface area contributed by atoms with E-state index in [0.29, 0.717) is 23.5 Å². The molecule has 1 aliphatic rings. The maximum Gasteiger partial charge on any atom is 0.343 e. The Morgan fingerprint density at radius 3 is 2.79 bits per heavy atom. The van der Waals surface area contributed by atoms with Crippen LogP contribution in [-0.2, 0) is 16.0 Å². The number of nitrogens with zero attached hydrogens (tertiary/aromatic N) is 6. The summed E-state index contributed by atoms with van der Waals surface area (Å²) in [5.74, 6) is 0.248. The first-order valence-corrected chi connectivity index (χ1v) is 12.5. The van der Waals surface area contributed by atoms with Gasteiger partial charge in [0.15, 0.2) is 5.65 Å². The second-order valence-electron chi connectivity index (χ2n) is 9.30. The first-order chi connectivity index (χ1) is 18.5. The normalized spacial score (nSPS) is 17.3. The van der Waals surface area contributed by atoms with Crippen molar-refractivity contribution in [3.8, 4) is 11.3 Å². The van der Waals surface area contributed by atoms with Crippen molar-refractivity contribution in [3.05, 3.63) is 78.2 Å². The molecular weight excluding hydrogens is 487 g/mol. The summed E-state index contributed by atoms with van der Waals surface area (Å²) in [6, 6.07) is 15.3. The maximum atomic E-state index is 14.7. The highest BCUT2D eigenvalue weighted by Crippen LogP contribution is 2.35. The van der Waals surface area contributed by atoms with E-state index in [4.69, 9.17) is 14.5 Å². The van der Waals surface area contributed by atoms with Gasteiger partial charge in [0, 0.05) is 43.0 Å². The maximum absolute atomic E-state index is 14.7. The van der Waals surface area contributed by atoms with Gasteiger partial charge in [0.1, 0.15) is 23.2 Å². The average molecular weight is 515 g/mol. The van der Waals surface area contributed by atoms with E-state index in [0.717, 1.165) is 22.3 Å². The van der Waals surface area contributed by atoms with E-state index in [-0.39, 0.29) is 25.4 Å². The molecule has 0 saturated carbocycles. The van der Waals surface area contributed by atoms with Crippen molar-refractivity contribution in [1.29, 1.82) is 0 Å². The zero-order valence-corrected chi connectivity index (χ0v) is 21.1. The van der Waals surface area contributed by atoms with Gasteiger partial charge in [-0.2, -0.15) is 9.61 Å². The fraction of sp³-hybridized carbons (Fsp3) is 0.286. The molecule has 4 aromatic heterocycles. The molecular formula is C28H27FN6O3. The Balaban J connectivity index is 1.54. The van der Waals surface area contributed by atoms with Crippen LogP contribution in [0.1, 0.15) is 28.9 Å². The number of benzene rings is 1. The van der Waals surface area contributed by atoms with Crippen LogP contribution in [0.25, 0.3) is 27.9 Å². The van der Waals surface area contributed by atoms with Crippen molar-refractivity contribution in [1.82, 2.24) is 24.1 Å². The van der Waals surface area contributed by atoms with Gasteiger partial charge in [-0.15, -0.1) is 0 Å². The topological polar surface area (TPSA) is 86.8 Å². The lowest BCUT2D eigenvalue weighted by atomic mass is 10.1. The molecule has 1 saturated heterocycles. The minimum Gasteiger partial charge on any atom is -0.462 e. The van der Waals surface area contributed by atoms with Crippen molar-refractivity contribution in [2.24, 2.45) is 0 Å². The summed E-state index contributed by atoms with van der Waals surface area (Å²) in [7, 11) is 1.96. The molecule has 0 N–H and O–H groups in total. The third kappa shape index (κ3) is 4.16. The van der Waals surface area contributed by atoms with Gasteiger partial charge >= 0.3 is 5.97 Å². The van der Waals surface area contributed by atoms with Gasteiger partial charge in [-0.25, -0.2) is 19.2 Å². The van der Waals surface area contributed by atoms with Crippen molar-refractivity contribution in [2.75, 3.05) is 31.8 Å². The molecule has 0 aliphatic carbocycles. The lowest BCUT2D eigenvalue weighted by Gasteiger charge is -2.21. The number of carbonyl (C=O) groups excluding carboxylic acids is 1. The summed E-state index contributed by atoms with van der Waals surface area (Å²) < 4.78 is 28.9. The Labute approximate surface area is 218 Å². The number of hydrogen-bond acceptors (Lipinski definition) is 7. The molecule has 1 unspecified atom stereocenters. The number of carbonyl (C=O) groups is 1. The number of hydrogen-bond donors (Lipinski definition) is 0. The summed E-state index contributed by atoms with van der Waals surface area (Å²) >= 11 is 0. The molecule has 9 nitrogen and oxygen atoms in total. The summed E-state index contributed by atoms with van der Waals surface area (Å²) in [6.07, 6.45) is 3.92. The predicted molar refractivity (Wildman–Crippen MR) is 141 cm³/mol. The molecule has 0 bridgehead atoms. The third-order valence-electron chi connectivity index (χ3n) is 6.81. The Morgan fingerprint density at radius 1 is 1.18 bits per heavy atom. The predicted octanol–water partition coefficient (Wildman–Crippen LogP) is 4.47. The van der Waals surface area contributed by atoms with Crippen LogP contribution in [0.15, 0.2) is 67.1 Å². The number of alkyl halides is 1. The number of fused-ring (bicyclic) bond motifs is 2. The molecule has 2 atom stereocenters. The van der Waals surface area contributed by atoms with E-state index < -0.39 is 18.2 Å². The summed E-state index contributed by atoms with van der Waals surface area (Å²) in [5.41, 5.74) is 3.83. The second-order valence-corrected chi connectivity index (χ2v) is 9.30. The highest BCUT2D eigenvalue weighted by molar-refractivity contribution is 5.98. The van der Waals surface area contributed by atoms with E-state index in [1.165, 1.54) is 6.20 Å². The minimum absolute atomic E-state index is 0.0594. The van der Waals surface area contributed by atoms with Gasteiger partial charge in [0.2, 0.25) is 0 Å². The molecule has 194 valence electrons. The minimum atomic E-state index is -1.13. The van der Waals surface area contributed by atoms with Crippen LogP contribution in [0, 0.1) is 0 Å². The number of anilines is 1. The number of halogens is 1. The Hall–Kier alpha value is -4.31. The zero-order chi connectivity index (χ0) is 26.2. The Bertz CT molecular complexity index is 1620. The molecule has 10 heteroatoms. The summed E-state index contributed by atoms with van der Waals surface area (Å²) in [5, 5.41) is 5.32. The van der Waals surface area contributed by atoms with Crippen LogP contribution >= 0.6 is 0 Å². The van der Waals surface area contributed by atoms with Crippen LogP contribution in [-0.4, -0.2) is 63.2 Å². The van der Waals surface area contributed by atoms with E-state index >= 15 is 0 Å². The second kappa shape index (κ2) is 9.86. The molecule has 5 aromatic rings. The van der Waals surface area contributed by atoms with Gasteiger partial charge in [-0.05, 0) is 24.6 Å². The van der Waals surface area contributed by atoms with Crippen molar-refractivity contribution >= 4 is 28.5 Å². The van der Waals surface area contributed by atoms with Gasteiger partial charge in [-0.3, -0.25) is 0 Å². The van der Waals surface area contributed by atoms with Gasteiger partial charge in [-0.1, -0.05) is 30.3 Å². The lowest BCUT2D eigenvalue weighted by molar-refractivity contribution is 0.0528. The molecule has 1 aromatic carbocycles. The molecule has 5 heterocycles. The monoisotopic (exact) mass is 514 g/mol. The Morgan fingerprint density at radius 2 is 2.03 bits per heavy atom. The van der Waals surface area contributed by atoms with Crippen LogP contribution in [0.3, 0.4) is 0 Å². The Kier molecular flexibility index (Phi) is 6.24. The molecule has 38 heavy (non-hydrogen) atoms. The summed E-state index contributed by atoms with van der Waals surface area (Å²) in [4.78, 5) is 24.2. The largest absolute Gasteiger partial charge is 0.462 e. The fourth-order valence-corrected chi connectivity index (χ4v) is 4.96. The quantitative estimate of drug-likeness (QED) is 0.296. The SMILES string of the molecule is CCOC(=O)c1cnn2c(N(C)Cc3ccccc3)cc(-c3cn(C4COC[C@H]4F)c4ncccc34)nc12. The van der Waals surface area contributed by atoms with E-state index in [1.54, 1.807) is 17.6 Å². The lowest BCUT2D eigenvalue weighted by Crippen LogP contribution is -2.20. The average Bonchev–Trinajstić information content (AvgIpc) is 3.65. The smallest absolute Gasteiger partial charge is 0.343 e. The van der Waals surface area contributed by atoms with Crippen LogP contribution < -0.4 is 4.90 Å². The first-order valence-electron chi connectivity index (χ1n) is 12.5. The zero-order valence-electron chi connectivity index (χ0n) is 21.1. The number of aromatic nitrogens is 5. The van der Waals surface area contributed by atoms with E-state index in [9.17, 15) is 9.18 Å². The fourth-order valence-electron chi connectivity index (χ4n) is 4.96. The van der Waals surface area contributed by atoms with Crippen molar-refractivity contribution < 1.29 is 18.7 Å². The van der Waals surface area contributed by atoms with Crippen LogP contribution in [0.5, 0.6) is 0 Å². The van der Waals surface area contributed by atoms with Crippen molar-refractivity contribution in [3.63, 3.8) is 0 Å². The van der Waals surface area contributed by atoms with Crippen LogP contribution in [0.2, 0.25) is 0 Å². The van der Waals surface area contributed by atoms with Crippen LogP contribution in [0.4, 0.5) is 10.2 Å². The number of ether oxygens (including phenoxy) is 2. The van der Waals surface area contributed by atoms with Gasteiger partial charge < -0.3 is 18.9 Å². The highest BCUT2D eigenvalue weighted by Gasteiger charge is 2.32. The number of pyridine rings is 1. The first kappa shape index (κ1) is 24.1. The molecule has 0 radical (unpaired) electrons. The third-order valence-corrected chi connectivity index (χ3v) is 6.81. The van der Waals surface area contributed by atoms with Gasteiger partial charge in [0.25, 0.3) is 0 Å². The van der Waals surface area contributed by atoms with E-state index in [1.807, 2.05) is 54.2 Å².